The van der Waals surface area contributed by atoms with Gasteiger partial charge in [-0.2, -0.15) is 0 Å². The monoisotopic (exact) mass is 258 g/mol. The number of carboxylic acids is 1. The van der Waals surface area contributed by atoms with Gasteiger partial charge in [0, 0.05) is 16.1 Å². The van der Waals surface area contributed by atoms with Crippen LogP contribution in [0.15, 0.2) is 18.2 Å². The van der Waals surface area contributed by atoms with E-state index in [0.717, 1.165) is 0 Å². The standard InChI is InChI=1S/C11H11ClO5/c12-7-3-1-2-6(5-13)10(7)11(17)8(14)4-9(15)16/h1-3,5,8,11,14,17H,4H2,(H,15,16). The van der Waals surface area contributed by atoms with Crippen LogP contribution in [-0.2, 0) is 4.79 Å². The Hall–Kier alpha value is -1.43. The molecular weight excluding hydrogens is 248 g/mol. The third-order valence-electron chi connectivity index (χ3n) is 2.26. The molecule has 5 nitrogen and oxygen atoms in total. The van der Waals surface area contributed by atoms with Crippen LogP contribution in [-0.4, -0.2) is 33.7 Å². The second-order valence-corrected chi connectivity index (χ2v) is 3.88. The predicted octanol–water partition coefficient (Wildman–Crippen LogP) is 1.02. The van der Waals surface area contributed by atoms with Crippen molar-refractivity contribution >= 4 is 23.9 Å². The van der Waals surface area contributed by atoms with E-state index in [2.05, 4.69) is 0 Å². The number of carboxylic acid groups (broad SMARTS) is 1. The Morgan fingerprint density at radius 2 is 2.06 bits per heavy atom. The number of aldehydes is 1. The molecule has 17 heavy (non-hydrogen) atoms. The van der Waals surface area contributed by atoms with Crippen LogP contribution in [0.25, 0.3) is 0 Å². The summed E-state index contributed by atoms with van der Waals surface area (Å²) < 4.78 is 0. The molecule has 0 spiro atoms. The fourth-order valence-electron chi connectivity index (χ4n) is 1.45. The van der Waals surface area contributed by atoms with Crippen LogP contribution in [0.5, 0.6) is 0 Å². The molecule has 0 amide bonds. The first-order valence-electron chi connectivity index (χ1n) is 4.79. The molecule has 0 bridgehead atoms. The lowest BCUT2D eigenvalue weighted by Crippen LogP contribution is -2.23. The Kier molecular flexibility index (Phi) is 4.62. The normalized spacial score (nSPS) is 14.1. The number of aliphatic carboxylic acids is 1. The predicted molar refractivity (Wildman–Crippen MR) is 60.1 cm³/mol. The summed E-state index contributed by atoms with van der Waals surface area (Å²) in [5.41, 5.74) is 0.160. The summed E-state index contributed by atoms with van der Waals surface area (Å²) in [6.07, 6.45) is -3.19. The van der Waals surface area contributed by atoms with Gasteiger partial charge in [-0.25, -0.2) is 0 Å². The van der Waals surface area contributed by atoms with E-state index in [1.54, 1.807) is 0 Å². The van der Waals surface area contributed by atoms with Crippen molar-refractivity contribution in [1.29, 1.82) is 0 Å². The fraction of sp³-hybridized carbons (Fsp3) is 0.273. The summed E-state index contributed by atoms with van der Waals surface area (Å²) in [7, 11) is 0. The maximum atomic E-state index is 10.8. The highest BCUT2D eigenvalue weighted by Gasteiger charge is 2.25. The molecule has 92 valence electrons. The van der Waals surface area contributed by atoms with Crippen LogP contribution >= 0.6 is 11.6 Å². The molecule has 1 rings (SSSR count). The van der Waals surface area contributed by atoms with Crippen molar-refractivity contribution in [3.05, 3.63) is 34.3 Å². The maximum Gasteiger partial charge on any atom is 0.306 e. The highest BCUT2D eigenvalue weighted by Crippen LogP contribution is 2.29. The van der Waals surface area contributed by atoms with Crippen LogP contribution < -0.4 is 0 Å². The molecule has 0 heterocycles. The highest BCUT2D eigenvalue weighted by atomic mass is 35.5. The molecule has 6 heteroatoms. The number of benzene rings is 1. The lowest BCUT2D eigenvalue weighted by atomic mass is 9.97. The van der Waals surface area contributed by atoms with Gasteiger partial charge >= 0.3 is 5.97 Å². The van der Waals surface area contributed by atoms with E-state index >= 15 is 0 Å². The highest BCUT2D eigenvalue weighted by molar-refractivity contribution is 6.31. The fourth-order valence-corrected chi connectivity index (χ4v) is 1.75. The summed E-state index contributed by atoms with van der Waals surface area (Å²) in [5, 5.41) is 27.9. The number of aliphatic hydroxyl groups is 2. The average Bonchev–Trinajstić information content (AvgIpc) is 2.26. The van der Waals surface area contributed by atoms with Gasteiger partial charge in [0.15, 0.2) is 0 Å². The third-order valence-corrected chi connectivity index (χ3v) is 2.59. The zero-order valence-corrected chi connectivity index (χ0v) is 9.46. The van der Waals surface area contributed by atoms with Gasteiger partial charge in [0.25, 0.3) is 0 Å². The first kappa shape index (κ1) is 13.6. The lowest BCUT2D eigenvalue weighted by Gasteiger charge is -2.19. The van der Waals surface area contributed by atoms with Gasteiger partial charge in [-0.05, 0) is 6.07 Å². The molecule has 0 fully saturated rings. The van der Waals surface area contributed by atoms with Crippen molar-refractivity contribution < 1.29 is 24.9 Å². The number of aliphatic hydroxyl groups excluding tert-OH is 2. The van der Waals surface area contributed by atoms with Gasteiger partial charge in [-0.1, -0.05) is 23.7 Å². The van der Waals surface area contributed by atoms with Gasteiger partial charge < -0.3 is 15.3 Å². The summed E-state index contributed by atoms with van der Waals surface area (Å²) in [5.74, 6) is -1.25. The molecule has 0 aliphatic rings. The van der Waals surface area contributed by atoms with Crippen molar-refractivity contribution in [1.82, 2.24) is 0 Å². The molecule has 0 aliphatic carbocycles. The van der Waals surface area contributed by atoms with E-state index < -0.39 is 24.6 Å². The van der Waals surface area contributed by atoms with Gasteiger partial charge in [-0.3, -0.25) is 9.59 Å². The van der Waals surface area contributed by atoms with E-state index in [-0.39, 0.29) is 16.1 Å². The first-order valence-corrected chi connectivity index (χ1v) is 5.16. The minimum Gasteiger partial charge on any atom is -0.481 e. The van der Waals surface area contributed by atoms with Gasteiger partial charge in [-0.15, -0.1) is 0 Å². The van der Waals surface area contributed by atoms with Crippen molar-refractivity contribution in [2.45, 2.75) is 18.6 Å². The van der Waals surface area contributed by atoms with Crippen molar-refractivity contribution in [3.8, 4) is 0 Å². The van der Waals surface area contributed by atoms with E-state index in [9.17, 15) is 19.8 Å². The quantitative estimate of drug-likeness (QED) is 0.686. The van der Waals surface area contributed by atoms with Crippen molar-refractivity contribution in [3.63, 3.8) is 0 Å². The number of hydrogen-bond donors (Lipinski definition) is 3. The largest absolute Gasteiger partial charge is 0.481 e. The average molecular weight is 259 g/mol. The first-order chi connectivity index (χ1) is 7.97. The van der Waals surface area contributed by atoms with Crippen LogP contribution in [0.3, 0.4) is 0 Å². The van der Waals surface area contributed by atoms with Crippen LogP contribution in [0.4, 0.5) is 0 Å². The Labute approximate surface area is 102 Å². The minimum absolute atomic E-state index is 0.0397. The third kappa shape index (κ3) is 3.26. The smallest absolute Gasteiger partial charge is 0.306 e. The van der Waals surface area contributed by atoms with Crippen LogP contribution in [0, 0.1) is 0 Å². The minimum atomic E-state index is -1.52. The second-order valence-electron chi connectivity index (χ2n) is 3.47. The van der Waals surface area contributed by atoms with Gasteiger partial charge in [0.05, 0.1) is 12.5 Å². The number of carbonyl (C=O) groups is 2. The summed E-state index contributed by atoms with van der Waals surface area (Å²) in [4.78, 5) is 21.2. The molecule has 0 aromatic heterocycles. The Balaban J connectivity index is 3.06. The van der Waals surface area contributed by atoms with Gasteiger partial charge in [0.1, 0.15) is 12.4 Å². The summed E-state index contributed by atoms with van der Waals surface area (Å²) in [6, 6.07) is 4.39. The summed E-state index contributed by atoms with van der Waals surface area (Å²) >= 11 is 5.81. The number of hydrogen-bond acceptors (Lipinski definition) is 4. The molecule has 0 radical (unpaired) electrons. The lowest BCUT2D eigenvalue weighted by molar-refractivity contribution is -0.141. The maximum absolute atomic E-state index is 10.8. The molecule has 1 aromatic rings. The molecule has 0 saturated heterocycles. The van der Waals surface area contributed by atoms with E-state index in [1.165, 1.54) is 18.2 Å². The number of rotatable bonds is 5. The SMILES string of the molecule is O=Cc1cccc(Cl)c1C(O)C(O)CC(=O)O. The molecule has 3 N–H and O–H groups in total. The molecule has 2 unspecified atom stereocenters. The van der Waals surface area contributed by atoms with E-state index in [4.69, 9.17) is 16.7 Å². The number of carbonyl (C=O) groups excluding carboxylic acids is 1. The number of halogens is 1. The second kappa shape index (κ2) is 5.77. The van der Waals surface area contributed by atoms with E-state index in [1.807, 2.05) is 0 Å². The van der Waals surface area contributed by atoms with E-state index in [0.29, 0.717) is 6.29 Å². The van der Waals surface area contributed by atoms with Gasteiger partial charge in [0.2, 0.25) is 0 Å². The van der Waals surface area contributed by atoms with Crippen molar-refractivity contribution in [2.24, 2.45) is 0 Å². The molecule has 1 aromatic carbocycles. The van der Waals surface area contributed by atoms with Crippen LogP contribution in [0.2, 0.25) is 5.02 Å². The molecule has 2 atom stereocenters. The molecular formula is C11H11ClO5. The topological polar surface area (TPSA) is 94.8 Å². The van der Waals surface area contributed by atoms with Crippen LogP contribution in [0.1, 0.15) is 28.4 Å². The Bertz CT molecular complexity index is 432. The Morgan fingerprint density at radius 1 is 1.41 bits per heavy atom. The molecule has 0 saturated carbocycles. The molecule has 0 aliphatic heterocycles. The van der Waals surface area contributed by atoms with Crippen molar-refractivity contribution in [2.75, 3.05) is 0 Å². The summed E-state index contributed by atoms with van der Waals surface area (Å²) in [6.45, 7) is 0. The zero-order valence-electron chi connectivity index (χ0n) is 8.71. The zero-order chi connectivity index (χ0) is 13.0. The Morgan fingerprint density at radius 3 is 2.59 bits per heavy atom.